The van der Waals surface area contributed by atoms with Crippen LogP contribution in [-0.4, -0.2) is 24.4 Å². The molecule has 2 rings (SSSR count). The zero-order chi connectivity index (χ0) is 19.7. The fourth-order valence-electron chi connectivity index (χ4n) is 2.83. The minimum Gasteiger partial charge on any atom is -0.507 e. The van der Waals surface area contributed by atoms with Crippen LogP contribution in [0.4, 0.5) is 18.9 Å². The van der Waals surface area contributed by atoms with Gasteiger partial charge in [0.2, 0.25) is 0 Å². The molecule has 0 heterocycles. The molecule has 1 atom stereocenters. The summed E-state index contributed by atoms with van der Waals surface area (Å²) >= 11 is 0. The lowest BCUT2D eigenvalue weighted by molar-refractivity contribution is -0.201. The van der Waals surface area contributed by atoms with E-state index in [1.165, 1.54) is 19.9 Å². The van der Waals surface area contributed by atoms with Crippen molar-refractivity contribution in [2.24, 2.45) is 0 Å². The fourth-order valence-corrected chi connectivity index (χ4v) is 2.83. The Labute approximate surface area is 149 Å². The second-order valence-corrected chi connectivity index (χ2v) is 6.14. The Hall–Kier alpha value is -2.70. The molecule has 140 valence electrons. The quantitative estimate of drug-likeness (QED) is 0.789. The number of rotatable bonds is 4. The van der Waals surface area contributed by atoms with Crippen molar-refractivity contribution in [1.82, 2.24) is 0 Å². The van der Waals surface area contributed by atoms with Crippen molar-refractivity contribution >= 4 is 11.7 Å². The molecule has 0 saturated heterocycles. The summed E-state index contributed by atoms with van der Waals surface area (Å²) in [6.45, 7) is 4.57. The number of para-hydroxylation sites is 1. The molecule has 2 N–H and O–H groups in total. The zero-order valence-electron chi connectivity index (χ0n) is 14.9. The van der Waals surface area contributed by atoms with E-state index in [4.69, 9.17) is 0 Å². The van der Waals surface area contributed by atoms with Gasteiger partial charge >= 0.3 is 12.1 Å². The molecule has 4 nitrogen and oxygen atoms in total. The van der Waals surface area contributed by atoms with Crippen molar-refractivity contribution in [2.75, 3.05) is 12.4 Å². The second-order valence-electron chi connectivity index (χ2n) is 6.14. The van der Waals surface area contributed by atoms with Crippen LogP contribution in [0.3, 0.4) is 0 Å². The first kappa shape index (κ1) is 19.6. The van der Waals surface area contributed by atoms with Gasteiger partial charge in [0, 0.05) is 5.69 Å². The van der Waals surface area contributed by atoms with Gasteiger partial charge in [0.25, 0.3) is 5.54 Å². The second kappa shape index (κ2) is 6.90. The highest BCUT2D eigenvalue weighted by atomic mass is 19.4. The van der Waals surface area contributed by atoms with Crippen LogP contribution in [0, 0.1) is 20.8 Å². The number of anilines is 1. The van der Waals surface area contributed by atoms with Gasteiger partial charge < -0.3 is 15.2 Å². The highest BCUT2D eigenvalue weighted by Crippen LogP contribution is 2.44. The zero-order valence-corrected chi connectivity index (χ0v) is 14.9. The normalized spacial score (nSPS) is 13.8. The number of benzene rings is 2. The molecule has 0 saturated carbocycles. The van der Waals surface area contributed by atoms with Crippen molar-refractivity contribution in [2.45, 2.75) is 32.5 Å². The number of hydrogen-bond acceptors (Lipinski definition) is 4. The topological polar surface area (TPSA) is 58.6 Å². The maximum absolute atomic E-state index is 14.3. The summed E-state index contributed by atoms with van der Waals surface area (Å²) in [5.74, 6) is -1.61. The maximum atomic E-state index is 14.3. The number of esters is 1. The van der Waals surface area contributed by atoms with Gasteiger partial charge in [-0.1, -0.05) is 18.2 Å². The van der Waals surface area contributed by atoms with E-state index in [1.54, 1.807) is 25.1 Å². The Balaban J connectivity index is 2.80. The molecule has 0 radical (unpaired) electrons. The summed E-state index contributed by atoms with van der Waals surface area (Å²) < 4.78 is 47.3. The summed E-state index contributed by atoms with van der Waals surface area (Å²) in [6, 6.07) is 8.62. The van der Waals surface area contributed by atoms with Crippen LogP contribution in [-0.2, 0) is 15.1 Å². The molecule has 0 aliphatic heterocycles. The van der Waals surface area contributed by atoms with Crippen LogP contribution < -0.4 is 5.32 Å². The molecule has 2 aromatic rings. The lowest BCUT2D eigenvalue weighted by Gasteiger charge is -2.36. The first-order valence-electron chi connectivity index (χ1n) is 7.84. The van der Waals surface area contributed by atoms with E-state index < -0.39 is 17.7 Å². The van der Waals surface area contributed by atoms with Gasteiger partial charge in [-0.15, -0.1) is 0 Å². The third-order valence-corrected chi connectivity index (χ3v) is 4.31. The Morgan fingerprint density at radius 1 is 1.04 bits per heavy atom. The van der Waals surface area contributed by atoms with Crippen molar-refractivity contribution < 1.29 is 27.8 Å². The number of ether oxygens (including phenoxy) is 1. The number of phenols is 1. The molecule has 0 bridgehead atoms. The lowest BCUT2D eigenvalue weighted by atomic mass is 9.86. The molecule has 0 amide bonds. The molecule has 0 fully saturated rings. The summed E-state index contributed by atoms with van der Waals surface area (Å²) in [6.07, 6.45) is -5.00. The third kappa shape index (κ3) is 3.21. The van der Waals surface area contributed by atoms with Gasteiger partial charge in [-0.2, -0.15) is 13.2 Å². The Bertz CT molecular complexity index is 810. The van der Waals surface area contributed by atoms with Crippen molar-refractivity contribution in [1.29, 1.82) is 0 Å². The monoisotopic (exact) mass is 367 g/mol. The van der Waals surface area contributed by atoms with Gasteiger partial charge in [0.1, 0.15) is 5.75 Å². The average molecular weight is 367 g/mol. The maximum Gasteiger partial charge on any atom is 0.426 e. The minimum atomic E-state index is -5.00. The highest BCUT2D eigenvalue weighted by Gasteiger charge is 2.63. The molecule has 0 aliphatic carbocycles. The van der Waals surface area contributed by atoms with Gasteiger partial charge in [-0.3, -0.25) is 0 Å². The summed E-state index contributed by atoms with van der Waals surface area (Å²) in [7, 11) is 0.905. The number of phenolic OH excluding ortho intramolecular Hbond substituents is 1. The van der Waals surface area contributed by atoms with E-state index in [-0.39, 0.29) is 28.1 Å². The van der Waals surface area contributed by atoms with E-state index in [0.717, 1.165) is 19.2 Å². The van der Waals surface area contributed by atoms with Crippen LogP contribution in [0.1, 0.15) is 22.3 Å². The van der Waals surface area contributed by atoms with Crippen LogP contribution in [0.25, 0.3) is 0 Å². The number of carbonyl (C=O) groups excluding carboxylic acids is 1. The molecule has 0 aromatic heterocycles. The van der Waals surface area contributed by atoms with Gasteiger partial charge in [-0.25, -0.2) is 4.79 Å². The number of nitrogens with one attached hydrogen (secondary N) is 1. The van der Waals surface area contributed by atoms with Gasteiger partial charge in [-0.05, 0) is 61.2 Å². The summed E-state index contributed by atoms with van der Waals surface area (Å²) in [5.41, 5.74) is -2.33. The number of aryl methyl sites for hydroxylation is 3. The number of methoxy groups -OCH3 is 1. The number of alkyl halides is 3. The van der Waals surface area contributed by atoms with E-state index in [9.17, 15) is 23.1 Å². The Morgan fingerprint density at radius 2 is 1.58 bits per heavy atom. The van der Waals surface area contributed by atoms with Gasteiger partial charge in [0.05, 0.1) is 7.11 Å². The number of aromatic hydroxyl groups is 1. The van der Waals surface area contributed by atoms with Crippen molar-refractivity contribution in [3.8, 4) is 5.75 Å². The van der Waals surface area contributed by atoms with E-state index >= 15 is 0 Å². The predicted molar refractivity (Wildman–Crippen MR) is 92.1 cm³/mol. The predicted octanol–water partition coefficient (Wildman–Crippen LogP) is 4.36. The molecule has 0 aliphatic rings. The Kier molecular flexibility index (Phi) is 5.21. The van der Waals surface area contributed by atoms with E-state index in [0.29, 0.717) is 5.56 Å². The average Bonchev–Trinajstić information content (AvgIpc) is 2.56. The lowest BCUT2D eigenvalue weighted by Crippen LogP contribution is -2.56. The standard InChI is InChI=1S/C19H20F3NO3/c1-11-7-5-6-8-15(11)23-18(17(25)26-4,19(20,21)22)14-9-12(2)16(24)13(3)10-14/h5-10,23-24H,1-4H3/t18-/m0/s1. The van der Waals surface area contributed by atoms with Crippen molar-refractivity contribution in [3.63, 3.8) is 0 Å². The number of halogens is 3. The number of carbonyl (C=O) groups is 1. The summed E-state index contributed by atoms with van der Waals surface area (Å²) in [4.78, 5) is 12.4. The van der Waals surface area contributed by atoms with E-state index in [2.05, 4.69) is 10.1 Å². The molecular weight excluding hydrogens is 347 g/mol. The number of hydrogen-bond donors (Lipinski definition) is 2. The minimum absolute atomic E-state index is 0.120. The first-order valence-corrected chi connectivity index (χ1v) is 7.84. The van der Waals surface area contributed by atoms with Gasteiger partial charge in [0.15, 0.2) is 0 Å². The highest BCUT2D eigenvalue weighted by molar-refractivity contribution is 5.88. The molecule has 0 spiro atoms. The van der Waals surface area contributed by atoms with Crippen LogP contribution in [0.5, 0.6) is 5.75 Å². The van der Waals surface area contributed by atoms with Crippen LogP contribution in [0.15, 0.2) is 36.4 Å². The first-order chi connectivity index (χ1) is 12.0. The summed E-state index contributed by atoms with van der Waals surface area (Å²) in [5, 5.41) is 12.3. The molecule has 2 aromatic carbocycles. The van der Waals surface area contributed by atoms with Crippen molar-refractivity contribution in [3.05, 3.63) is 58.7 Å². The third-order valence-electron chi connectivity index (χ3n) is 4.31. The van der Waals surface area contributed by atoms with E-state index in [1.807, 2.05) is 0 Å². The smallest absolute Gasteiger partial charge is 0.426 e. The van der Waals surface area contributed by atoms with Crippen LogP contribution in [0.2, 0.25) is 0 Å². The van der Waals surface area contributed by atoms with Crippen LogP contribution >= 0.6 is 0 Å². The molecule has 0 unspecified atom stereocenters. The largest absolute Gasteiger partial charge is 0.507 e. The molecule has 7 heteroatoms. The SMILES string of the molecule is COC(=O)[C@@](Nc1ccccc1C)(c1cc(C)c(O)c(C)c1)C(F)(F)F. The molecular formula is C19H20F3NO3. The molecule has 26 heavy (non-hydrogen) atoms. The Morgan fingerprint density at radius 3 is 2.04 bits per heavy atom. The fraction of sp³-hybridized carbons (Fsp3) is 0.316.